The van der Waals surface area contributed by atoms with Crippen molar-refractivity contribution in [2.24, 2.45) is 0 Å². The van der Waals surface area contributed by atoms with Gasteiger partial charge in [0, 0.05) is 22.5 Å². The molecule has 2 fully saturated rings. The number of carbonyl (C=O) groups is 1. The predicted molar refractivity (Wildman–Crippen MR) is 96.6 cm³/mol. The molecule has 2 heterocycles. The lowest BCUT2D eigenvalue weighted by Crippen LogP contribution is -2.46. The summed E-state index contributed by atoms with van der Waals surface area (Å²) in [7, 11) is 1.50. The molecule has 0 aromatic heterocycles. The molecule has 1 amide bonds. The van der Waals surface area contributed by atoms with Gasteiger partial charge in [0.2, 0.25) is 5.91 Å². The van der Waals surface area contributed by atoms with Gasteiger partial charge >= 0.3 is 0 Å². The van der Waals surface area contributed by atoms with Crippen LogP contribution in [-0.2, 0) is 9.63 Å². The standard InChI is InChI=1S/C18H19Cl2N3O2/c1-25-23(17-10-14-6-8-16(17)22(14)11-21)18(24)4-2-3-12-9-13(19)5-7-15(12)20/h2-3,5,7,9,14,16-17H,4,6,8,10H2,1H3/b3-2+/t14-,16+,17+/m0/s1. The molecule has 1 aromatic rings. The molecule has 0 aliphatic carbocycles. The van der Waals surface area contributed by atoms with E-state index in [4.69, 9.17) is 28.0 Å². The summed E-state index contributed by atoms with van der Waals surface area (Å²) in [6.45, 7) is 0. The van der Waals surface area contributed by atoms with Crippen molar-refractivity contribution in [1.82, 2.24) is 9.96 Å². The number of nitrogens with zero attached hydrogens (tertiary/aromatic N) is 3. The molecule has 2 aliphatic rings. The second kappa shape index (κ2) is 7.65. The number of amides is 1. The molecule has 0 saturated carbocycles. The van der Waals surface area contributed by atoms with E-state index in [2.05, 4.69) is 6.19 Å². The van der Waals surface area contributed by atoms with Crippen molar-refractivity contribution in [3.8, 4) is 6.19 Å². The Morgan fingerprint density at radius 2 is 2.28 bits per heavy atom. The van der Waals surface area contributed by atoms with Crippen molar-refractivity contribution < 1.29 is 9.63 Å². The predicted octanol–water partition coefficient (Wildman–Crippen LogP) is 3.87. The van der Waals surface area contributed by atoms with Gasteiger partial charge in [0.15, 0.2) is 6.19 Å². The molecule has 0 spiro atoms. The van der Waals surface area contributed by atoms with Gasteiger partial charge < -0.3 is 4.90 Å². The Bertz CT molecular complexity index is 732. The Hall–Kier alpha value is -1.74. The Morgan fingerprint density at radius 1 is 1.48 bits per heavy atom. The second-order valence-electron chi connectivity index (χ2n) is 6.28. The van der Waals surface area contributed by atoms with Crippen LogP contribution < -0.4 is 0 Å². The van der Waals surface area contributed by atoms with Crippen LogP contribution in [0.4, 0.5) is 0 Å². The monoisotopic (exact) mass is 379 g/mol. The smallest absolute Gasteiger partial charge is 0.250 e. The van der Waals surface area contributed by atoms with Crippen LogP contribution in [0.1, 0.15) is 31.2 Å². The summed E-state index contributed by atoms with van der Waals surface area (Å²) in [6, 6.07) is 5.41. The van der Waals surface area contributed by atoms with Gasteiger partial charge in [-0.25, -0.2) is 5.06 Å². The molecular formula is C18H19Cl2N3O2. The fourth-order valence-electron chi connectivity index (χ4n) is 3.81. The van der Waals surface area contributed by atoms with E-state index in [9.17, 15) is 10.1 Å². The van der Waals surface area contributed by atoms with Gasteiger partial charge in [-0.2, -0.15) is 5.26 Å². The summed E-state index contributed by atoms with van der Waals surface area (Å²) in [5.41, 5.74) is 0.765. The number of halogens is 2. The van der Waals surface area contributed by atoms with Crippen LogP contribution in [-0.4, -0.2) is 41.1 Å². The van der Waals surface area contributed by atoms with Crippen LogP contribution in [0.25, 0.3) is 6.08 Å². The van der Waals surface area contributed by atoms with E-state index in [1.807, 2.05) is 4.90 Å². The van der Waals surface area contributed by atoms with Crippen LogP contribution in [0.15, 0.2) is 24.3 Å². The first kappa shape index (κ1) is 18.1. The van der Waals surface area contributed by atoms with E-state index >= 15 is 0 Å². The van der Waals surface area contributed by atoms with Crippen molar-refractivity contribution in [3.05, 3.63) is 39.9 Å². The molecule has 2 saturated heterocycles. The van der Waals surface area contributed by atoms with Crippen molar-refractivity contribution in [1.29, 1.82) is 5.26 Å². The van der Waals surface area contributed by atoms with E-state index in [-0.39, 0.29) is 30.5 Å². The molecule has 25 heavy (non-hydrogen) atoms. The maximum atomic E-state index is 12.6. The Labute approximate surface area is 157 Å². The summed E-state index contributed by atoms with van der Waals surface area (Å²) < 4.78 is 0. The zero-order chi connectivity index (χ0) is 18.0. The van der Waals surface area contributed by atoms with Gasteiger partial charge in [-0.3, -0.25) is 9.63 Å². The SMILES string of the molecule is CON(C(=O)C/C=C/c1cc(Cl)ccc1Cl)[C@@H]1C[C@@H]2CC[C@H]1N2C#N. The molecule has 132 valence electrons. The fraction of sp³-hybridized carbons (Fsp3) is 0.444. The number of carbonyl (C=O) groups excluding carboxylic acids is 1. The number of benzene rings is 1. The molecule has 3 rings (SSSR count). The van der Waals surface area contributed by atoms with Gasteiger partial charge in [0.05, 0.1) is 19.2 Å². The summed E-state index contributed by atoms with van der Waals surface area (Å²) in [5, 5.41) is 11.9. The first-order valence-corrected chi connectivity index (χ1v) is 8.96. The zero-order valence-corrected chi connectivity index (χ0v) is 15.4. The fourth-order valence-corrected chi connectivity index (χ4v) is 4.17. The van der Waals surface area contributed by atoms with Gasteiger partial charge in [0.25, 0.3) is 0 Å². The highest BCUT2D eigenvalue weighted by molar-refractivity contribution is 6.34. The van der Waals surface area contributed by atoms with Gasteiger partial charge in [-0.15, -0.1) is 0 Å². The van der Waals surface area contributed by atoms with Crippen LogP contribution in [0.3, 0.4) is 0 Å². The minimum absolute atomic E-state index is 0.0604. The van der Waals surface area contributed by atoms with E-state index in [0.29, 0.717) is 10.0 Å². The average Bonchev–Trinajstić information content (AvgIpc) is 3.15. The van der Waals surface area contributed by atoms with Crippen LogP contribution in [0.2, 0.25) is 10.0 Å². The number of hydrogen-bond donors (Lipinski definition) is 0. The average molecular weight is 380 g/mol. The Balaban J connectivity index is 1.65. The molecule has 0 N–H and O–H groups in total. The van der Waals surface area contributed by atoms with Crippen molar-refractivity contribution >= 4 is 35.2 Å². The number of hydrogen-bond acceptors (Lipinski definition) is 4. The molecular weight excluding hydrogens is 361 g/mol. The lowest BCUT2D eigenvalue weighted by Gasteiger charge is -2.31. The summed E-state index contributed by atoms with van der Waals surface area (Å²) in [5.74, 6) is -0.132. The number of fused-ring (bicyclic) bond motifs is 2. The topological polar surface area (TPSA) is 56.6 Å². The molecule has 2 bridgehead atoms. The minimum atomic E-state index is -0.132. The highest BCUT2D eigenvalue weighted by Crippen LogP contribution is 2.39. The van der Waals surface area contributed by atoms with Crippen molar-refractivity contribution in [2.75, 3.05) is 7.11 Å². The molecule has 0 unspecified atom stereocenters. The molecule has 5 nitrogen and oxygen atoms in total. The molecule has 2 aliphatic heterocycles. The maximum absolute atomic E-state index is 12.6. The molecule has 3 atom stereocenters. The van der Waals surface area contributed by atoms with Gasteiger partial charge in [-0.05, 0) is 43.0 Å². The van der Waals surface area contributed by atoms with E-state index < -0.39 is 0 Å². The van der Waals surface area contributed by atoms with Crippen LogP contribution in [0.5, 0.6) is 0 Å². The third-order valence-electron chi connectivity index (χ3n) is 4.91. The Kier molecular flexibility index (Phi) is 5.53. The highest BCUT2D eigenvalue weighted by Gasteiger charge is 2.49. The van der Waals surface area contributed by atoms with E-state index in [1.54, 1.807) is 30.4 Å². The zero-order valence-electron chi connectivity index (χ0n) is 13.9. The summed E-state index contributed by atoms with van der Waals surface area (Å²) in [4.78, 5) is 19.7. The molecule has 0 radical (unpaired) electrons. The lowest BCUT2D eigenvalue weighted by molar-refractivity contribution is -0.190. The summed E-state index contributed by atoms with van der Waals surface area (Å²) >= 11 is 12.1. The third kappa shape index (κ3) is 3.62. The van der Waals surface area contributed by atoms with Gasteiger partial charge in [-0.1, -0.05) is 35.4 Å². The number of hydroxylamine groups is 2. The normalized spacial score (nSPS) is 24.7. The van der Waals surface area contributed by atoms with Crippen LogP contribution in [0, 0.1) is 11.5 Å². The quantitative estimate of drug-likeness (QED) is 0.575. The van der Waals surface area contributed by atoms with Crippen LogP contribution >= 0.6 is 23.2 Å². The number of nitriles is 1. The van der Waals surface area contributed by atoms with Crippen molar-refractivity contribution in [2.45, 2.75) is 43.8 Å². The summed E-state index contributed by atoms with van der Waals surface area (Å²) in [6.07, 6.45) is 8.68. The van der Waals surface area contributed by atoms with E-state index in [0.717, 1.165) is 24.8 Å². The largest absolute Gasteiger partial charge is 0.302 e. The first-order chi connectivity index (χ1) is 12.0. The van der Waals surface area contributed by atoms with Crippen molar-refractivity contribution in [3.63, 3.8) is 0 Å². The Morgan fingerprint density at radius 3 is 2.96 bits per heavy atom. The highest BCUT2D eigenvalue weighted by atomic mass is 35.5. The maximum Gasteiger partial charge on any atom is 0.250 e. The lowest BCUT2D eigenvalue weighted by atomic mass is 9.95. The van der Waals surface area contributed by atoms with Gasteiger partial charge in [0.1, 0.15) is 0 Å². The van der Waals surface area contributed by atoms with E-state index in [1.165, 1.54) is 12.2 Å². The second-order valence-corrected chi connectivity index (χ2v) is 7.13. The molecule has 7 heteroatoms. The third-order valence-corrected chi connectivity index (χ3v) is 5.49. The first-order valence-electron chi connectivity index (χ1n) is 8.21. The minimum Gasteiger partial charge on any atom is -0.302 e. The molecule has 1 aromatic carbocycles. The number of rotatable bonds is 5.